The van der Waals surface area contributed by atoms with E-state index < -0.39 is 97.5 Å². The molecule has 600 valence electrons. The van der Waals surface area contributed by atoms with Crippen molar-refractivity contribution in [1.82, 2.24) is 0 Å². The Morgan fingerprint density at radius 2 is 0.475 bits per heavy atom. The van der Waals surface area contributed by atoms with E-state index >= 15 is 0 Å². The average molecular weight is 1480 g/mol. The maximum absolute atomic E-state index is 13.1. The summed E-state index contributed by atoms with van der Waals surface area (Å²) in [5.41, 5.74) is 0. The molecule has 0 amide bonds. The molecule has 0 aliphatic heterocycles. The van der Waals surface area contributed by atoms with E-state index in [4.69, 9.17) is 37.0 Å². The summed E-state index contributed by atoms with van der Waals surface area (Å²) >= 11 is 0. The first kappa shape index (κ1) is 99.1. The van der Waals surface area contributed by atoms with Crippen LogP contribution >= 0.6 is 15.6 Å². The molecule has 0 heterocycles. The molecule has 0 radical (unpaired) electrons. The second kappa shape index (κ2) is 73.6. The van der Waals surface area contributed by atoms with Crippen molar-refractivity contribution in [3.05, 3.63) is 0 Å². The highest BCUT2D eigenvalue weighted by molar-refractivity contribution is 7.47. The average Bonchev–Trinajstić information content (AvgIpc) is 1.22. The largest absolute Gasteiger partial charge is 0.472 e. The number of aliphatic hydroxyl groups excluding tert-OH is 1. The van der Waals surface area contributed by atoms with Crippen molar-refractivity contribution < 1.29 is 80.2 Å². The van der Waals surface area contributed by atoms with Crippen LogP contribution in [0, 0.1) is 11.8 Å². The second-order valence-electron chi connectivity index (χ2n) is 30.0. The van der Waals surface area contributed by atoms with Crippen LogP contribution in [0.5, 0.6) is 0 Å². The fourth-order valence-corrected chi connectivity index (χ4v) is 14.2. The lowest BCUT2D eigenvalue weighted by atomic mass is 10.00. The Hall–Kier alpha value is -1.94. The molecule has 0 saturated carbocycles. The van der Waals surface area contributed by atoms with E-state index in [1.807, 2.05) is 0 Å². The van der Waals surface area contributed by atoms with Crippen LogP contribution in [-0.2, 0) is 65.4 Å². The highest BCUT2D eigenvalue weighted by Crippen LogP contribution is 2.45. The van der Waals surface area contributed by atoms with Gasteiger partial charge in [0, 0.05) is 25.7 Å². The number of carbonyl (C=O) groups excluding carboxylic acids is 4. The van der Waals surface area contributed by atoms with Gasteiger partial charge in [-0.15, -0.1) is 0 Å². The van der Waals surface area contributed by atoms with Crippen LogP contribution in [0.4, 0.5) is 0 Å². The Labute approximate surface area is 619 Å². The molecule has 4 unspecified atom stereocenters. The smallest absolute Gasteiger partial charge is 0.462 e. The Morgan fingerprint density at radius 1 is 0.277 bits per heavy atom. The van der Waals surface area contributed by atoms with Gasteiger partial charge in [-0.05, 0) is 37.5 Å². The van der Waals surface area contributed by atoms with Crippen molar-refractivity contribution in [1.29, 1.82) is 0 Å². The predicted octanol–water partition coefficient (Wildman–Crippen LogP) is 24.7. The molecule has 0 saturated heterocycles. The molecular weight excluding hydrogens is 1320 g/mol. The van der Waals surface area contributed by atoms with Gasteiger partial charge in [-0.25, -0.2) is 9.13 Å². The monoisotopic (exact) mass is 1480 g/mol. The van der Waals surface area contributed by atoms with Gasteiger partial charge in [0.15, 0.2) is 12.2 Å². The van der Waals surface area contributed by atoms with Gasteiger partial charge in [-0.3, -0.25) is 37.3 Å². The topological polar surface area (TPSA) is 237 Å². The molecule has 0 aromatic carbocycles. The number of hydrogen-bond donors (Lipinski definition) is 3. The van der Waals surface area contributed by atoms with Gasteiger partial charge in [0.1, 0.15) is 19.3 Å². The molecular formula is C82H160O17P2. The number of ether oxygens (including phenoxy) is 4. The van der Waals surface area contributed by atoms with Gasteiger partial charge < -0.3 is 33.8 Å². The number of hydrogen-bond acceptors (Lipinski definition) is 15. The molecule has 3 N–H and O–H groups in total. The summed E-state index contributed by atoms with van der Waals surface area (Å²) in [6, 6.07) is 0. The predicted molar refractivity (Wildman–Crippen MR) is 414 cm³/mol. The number of aliphatic hydroxyl groups is 1. The summed E-state index contributed by atoms with van der Waals surface area (Å²) < 4.78 is 68.7. The fraction of sp³-hybridized carbons (Fsp3) is 0.951. The van der Waals surface area contributed by atoms with E-state index in [0.717, 1.165) is 108 Å². The molecule has 0 spiro atoms. The molecule has 0 rings (SSSR count). The molecule has 0 aliphatic carbocycles. The van der Waals surface area contributed by atoms with Crippen LogP contribution in [0.1, 0.15) is 433 Å². The summed E-state index contributed by atoms with van der Waals surface area (Å²) in [5.74, 6) is -0.664. The molecule has 0 fully saturated rings. The maximum Gasteiger partial charge on any atom is 0.472 e. The third-order valence-electron chi connectivity index (χ3n) is 19.9. The van der Waals surface area contributed by atoms with Crippen LogP contribution in [0.15, 0.2) is 0 Å². The third kappa shape index (κ3) is 73.4. The van der Waals surface area contributed by atoms with Crippen LogP contribution < -0.4 is 0 Å². The first-order valence-electron chi connectivity index (χ1n) is 42.6. The molecule has 0 aromatic heterocycles. The zero-order chi connectivity index (χ0) is 74.2. The van der Waals surface area contributed by atoms with E-state index in [1.165, 1.54) is 244 Å². The number of phosphoric ester groups is 2. The molecule has 7 atom stereocenters. The van der Waals surface area contributed by atoms with Gasteiger partial charge in [-0.1, -0.05) is 382 Å². The van der Waals surface area contributed by atoms with Crippen molar-refractivity contribution >= 4 is 39.5 Å². The van der Waals surface area contributed by atoms with Gasteiger partial charge in [0.2, 0.25) is 0 Å². The maximum atomic E-state index is 13.1. The fourth-order valence-electron chi connectivity index (χ4n) is 12.6. The second-order valence-corrected chi connectivity index (χ2v) is 32.9. The van der Waals surface area contributed by atoms with E-state index in [0.29, 0.717) is 25.7 Å². The molecule has 0 bridgehead atoms. The number of carbonyl (C=O) groups is 4. The van der Waals surface area contributed by atoms with Crippen LogP contribution in [0.25, 0.3) is 0 Å². The summed E-state index contributed by atoms with van der Waals surface area (Å²) in [6.07, 6.45) is 64.2. The van der Waals surface area contributed by atoms with Crippen molar-refractivity contribution in [3.63, 3.8) is 0 Å². The lowest BCUT2D eigenvalue weighted by Gasteiger charge is -2.21. The number of phosphoric acid groups is 2. The quantitative estimate of drug-likeness (QED) is 0.0222. The molecule has 17 nitrogen and oxygen atoms in total. The molecule has 0 aliphatic rings. The Balaban J connectivity index is 5.19. The SMILES string of the molecule is CCCCCCCCCCCCCCCCCCCCCCCC(=O)O[C@H](COC(=O)CCCCCCCCCCCCCCCCCCCCCC)COP(=O)(O)OC[C@@H](O)COP(=O)(O)OC[C@@H](COC(=O)CCCCCCCCC(C)CC)OC(=O)CCCCCCCCC(C)CC. The van der Waals surface area contributed by atoms with E-state index in [9.17, 15) is 43.2 Å². The van der Waals surface area contributed by atoms with Crippen LogP contribution in [0.3, 0.4) is 0 Å². The van der Waals surface area contributed by atoms with E-state index in [1.54, 1.807) is 0 Å². The lowest BCUT2D eigenvalue weighted by Crippen LogP contribution is -2.30. The minimum Gasteiger partial charge on any atom is -0.462 e. The van der Waals surface area contributed by atoms with Crippen molar-refractivity contribution in [3.8, 4) is 0 Å². The van der Waals surface area contributed by atoms with Crippen molar-refractivity contribution in [2.45, 2.75) is 452 Å². The van der Waals surface area contributed by atoms with Crippen LogP contribution in [-0.4, -0.2) is 96.7 Å². The molecule has 19 heteroatoms. The van der Waals surface area contributed by atoms with Crippen molar-refractivity contribution in [2.75, 3.05) is 39.6 Å². The van der Waals surface area contributed by atoms with Gasteiger partial charge in [0.05, 0.1) is 26.4 Å². The normalized spacial score (nSPS) is 14.4. The van der Waals surface area contributed by atoms with E-state index in [2.05, 4.69) is 41.5 Å². The van der Waals surface area contributed by atoms with Gasteiger partial charge in [-0.2, -0.15) is 0 Å². The highest BCUT2D eigenvalue weighted by atomic mass is 31.2. The van der Waals surface area contributed by atoms with Gasteiger partial charge in [0.25, 0.3) is 0 Å². The van der Waals surface area contributed by atoms with Crippen molar-refractivity contribution in [2.24, 2.45) is 11.8 Å². The van der Waals surface area contributed by atoms with Crippen LogP contribution in [0.2, 0.25) is 0 Å². The number of unbranched alkanes of at least 4 members (excludes halogenated alkanes) is 49. The minimum atomic E-state index is -4.96. The molecule has 0 aromatic rings. The zero-order valence-electron chi connectivity index (χ0n) is 66.2. The molecule has 101 heavy (non-hydrogen) atoms. The lowest BCUT2D eigenvalue weighted by molar-refractivity contribution is -0.161. The number of rotatable bonds is 81. The highest BCUT2D eigenvalue weighted by Gasteiger charge is 2.30. The standard InChI is InChI=1S/C82H160O17P2/c1-7-11-13-15-17-19-21-23-25-27-29-31-33-35-37-39-41-43-45-54-60-66-81(86)98-77(70-92-79(84)64-58-52-44-42-40-38-36-34-32-30-28-26-24-22-20-18-16-14-12-8-2)72-96-100(88,89)94-68-76(83)69-95-101(90,91)97-73-78(99-82(87)67-61-55-49-47-51-57-63-75(6)10-4)71-93-80(85)65-59-53-48-46-50-56-62-74(5)9-3/h74-78,83H,7-73H2,1-6H3,(H,88,89)(H,90,91)/t74?,75?,76-,77-,78-/m1/s1. The number of esters is 4. The Morgan fingerprint density at radius 3 is 0.703 bits per heavy atom. The summed E-state index contributed by atoms with van der Waals surface area (Å²) in [5, 5.41) is 10.6. The Bertz CT molecular complexity index is 1950. The third-order valence-corrected chi connectivity index (χ3v) is 21.8. The summed E-state index contributed by atoms with van der Waals surface area (Å²) in [7, 11) is -9.92. The first-order valence-corrected chi connectivity index (χ1v) is 45.6. The Kier molecular flexibility index (Phi) is 72.2. The van der Waals surface area contributed by atoms with Gasteiger partial charge >= 0.3 is 39.5 Å². The zero-order valence-corrected chi connectivity index (χ0v) is 68.0. The first-order chi connectivity index (χ1) is 48.9. The van der Waals surface area contributed by atoms with E-state index in [-0.39, 0.29) is 25.7 Å². The summed E-state index contributed by atoms with van der Waals surface area (Å²) in [4.78, 5) is 73.0. The minimum absolute atomic E-state index is 0.102. The summed E-state index contributed by atoms with van der Waals surface area (Å²) in [6.45, 7) is 9.54.